The van der Waals surface area contributed by atoms with Gasteiger partial charge in [-0.2, -0.15) is 0 Å². The molecule has 0 amide bonds. The summed E-state index contributed by atoms with van der Waals surface area (Å²) in [5, 5.41) is 3.24. The molecule has 6 nitrogen and oxygen atoms in total. The molecule has 0 heterocycles. The zero-order valence-corrected chi connectivity index (χ0v) is 18.1. The van der Waals surface area contributed by atoms with Gasteiger partial charge in [-0.15, -0.1) is 0 Å². The third-order valence-corrected chi connectivity index (χ3v) is 5.92. The first-order valence-electron chi connectivity index (χ1n) is 9.92. The first-order valence-corrected chi connectivity index (χ1v) is 11.7. The van der Waals surface area contributed by atoms with Gasteiger partial charge in [0.1, 0.15) is 12.4 Å². The van der Waals surface area contributed by atoms with Gasteiger partial charge in [0.15, 0.2) is 15.8 Å². The molecule has 0 bridgehead atoms. The van der Waals surface area contributed by atoms with Gasteiger partial charge >= 0.3 is 0 Å². The van der Waals surface area contributed by atoms with E-state index in [4.69, 9.17) is 4.74 Å². The number of para-hydroxylation sites is 1. The lowest BCUT2D eigenvalue weighted by Crippen LogP contribution is -2.41. The molecule has 2 rings (SSSR count). The summed E-state index contributed by atoms with van der Waals surface area (Å²) in [5.74, 6) is 1.80. The van der Waals surface area contributed by atoms with E-state index in [9.17, 15) is 8.42 Å². The first-order chi connectivity index (χ1) is 14.0. The molecule has 0 saturated heterocycles. The van der Waals surface area contributed by atoms with Crippen LogP contribution in [0.3, 0.4) is 0 Å². The molecule has 0 radical (unpaired) electrons. The molecule has 2 aromatic rings. The third-order valence-electron chi connectivity index (χ3n) is 4.24. The maximum atomic E-state index is 12.3. The molecule has 0 atom stereocenters. The van der Waals surface area contributed by atoms with Crippen molar-refractivity contribution in [1.29, 1.82) is 0 Å². The monoisotopic (exact) mass is 417 g/mol. The summed E-state index contributed by atoms with van der Waals surface area (Å²) in [6.07, 6.45) is 0.498. The van der Waals surface area contributed by atoms with Crippen molar-refractivity contribution in [2.45, 2.75) is 19.1 Å². The van der Waals surface area contributed by atoms with Crippen molar-refractivity contribution in [3.05, 3.63) is 66.2 Å². The van der Waals surface area contributed by atoms with Gasteiger partial charge in [0, 0.05) is 20.1 Å². The number of hydrogen-bond acceptors (Lipinski definition) is 4. The molecule has 158 valence electrons. The SMILES string of the molecule is CCNC(=NCCCS(=O)(=O)Cc1ccccc1)N(C)CCOc1ccccc1. The number of nitrogens with zero attached hydrogens (tertiary/aromatic N) is 2. The molecule has 0 aliphatic heterocycles. The highest BCUT2D eigenvalue weighted by Gasteiger charge is 2.12. The molecule has 0 aliphatic rings. The predicted molar refractivity (Wildman–Crippen MR) is 119 cm³/mol. The number of guanidine groups is 1. The van der Waals surface area contributed by atoms with Gasteiger partial charge in [-0.05, 0) is 31.0 Å². The summed E-state index contributed by atoms with van der Waals surface area (Å²) >= 11 is 0. The minimum Gasteiger partial charge on any atom is -0.492 e. The number of ether oxygens (including phenoxy) is 1. The largest absolute Gasteiger partial charge is 0.492 e. The Bertz CT molecular complexity index is 840. The van der Waals surface area contributed by atoms with Crippen molar-refractivity contribution < 1.29 is 13.2 Å². The number of nitrogens with one attached hydrogen (secondary N) is 1. The van der Waals surface area contributed by atoms with Crippen molar-refractivity contribution in [3.8, 4) is 5.75 Å². The fraction of sp³-hybridized carbons (Fsp3) is 0.409. The molecule has 1 N–H and O–H groups in total. The molecule has 0 fully saturated rings. The van der Waals surface area contributed by atoms with Crippen LogP contribution >= 0.6 is 0 Å². The predicted octanol–water partition coefficient (Wildman–Crippen LogP) is 2.97. The highest BCUT2D eigenvalue weighted by atomic mass is 32.2. The van der Waals surface area contributed by atoms with Gasteiger partial charge in [-0.3, -0.25) is 4.99 Å². The normalized spacial score (nSPS) is 11.9. The summed E-state index contributed by atoms with van der Waals surface area (Å²) in [5.41, 5.74) is 0.822. The molecule has 7 heteroatoms. The number of sulfone groups is 1. The Morgan fingerprint density at radius 3 is 2.38 bits per heavy atom. The van der Waals surface area contributed by atoms with E-state index in [-0.39, 0.29) is 11.5 Å². The molecule has 0 saturated carbocycles. The van der Waals surface area contributed by atoms with Gasteiger partial charge in [-0.25, -0.2) is 8.42 Å². The van der Waals surface area contributed by atoms with Gasteiger partial charge in [0.25, 0.3) is 0 Å². The maximum Gasteiger partial charge on any atom is 0.193 e. The topological polar surface area (TPSA) is 71.0 Å². The van der Waals surface area contributed by atoms with Gasteiger partial charge in [0.05, 0.1) is 18.1 Å². The average molecular weight is 418 g/mol. The van der Waals surface area contributed by atoms with E-state index < -0.39 is 9.84 Å². The average Bonchev–Trinajstić information content (AvgIpc) is 2.71. The lowest BCUT2D eigenvalue weighted by atomic mass is 10.2. The third kappa shape index (κ3) is 9.00. The minimum absolute atomic E-state index is 0.0777. The Balaban J connectivity index is 1.78. The number of hydrogen-bond donors (Lipinski definition) is 1. The van der Waals surface area contributed by atoms with E-state index in [1.54, 1.807) is 0 Å². The van der Waals surface area contributed by atoms with E-state index in [1.807, 2.05) is 79.5 Å². The zero-order valence-electron chi connectivity index (χ0n) is 17.3. The second-order valence-corrected chi connectivity index (χ2v) is 8.93. The van der Waals surface area contributed by atoms with Gasteiger partial charge in [-0.1, -0.05) is 48.5 Å². The highest BCUT2D eigenvalue weighted by Crippen LogP contribution is 2.08. The van der Waals surface area contributed by atoms with Crippen LogP contribution in [0, 0.1) is 0 Å². The van der Waals surface area contributed by atoms with Gasteiger partial charge < -0.3 is 15.0 Å². The van der Waals surface area contributed by atoms with Crippen molar-refractivity contribution in [3.63, 3.8) is 0 Å². The fourth-order valence-electron chi connectivity index (χ4n) is 2.76. The second-order valence-electron chi connectivity index (χ2n) is 6.75. The van der Waals surface area contributed by atoms with Crippen LogP contribution in [0.25, 0.3) is 0 Å². The summed E-state index contributed by atoms with van der Waals surface area (Å²) in [7, 11) is -1.19. The molecule has 2 aromatic carbocycles. The summed E-state index contributed by atoms with van der Waals surface area (Å²) in [4.78, 5) is 6.55. The lowest BCUT2D eigenvalue weighted by Gasteiger charge is -2.22. The van der Waals surface area contributed by atoms with Crippen LogP contribution in [0.4, 0.5) is 0 Å². The summed E-state index contributed by atoms with van der Waals surface area (Å²) in [6, 6.07) is 19.0. The second kappa shape index (κ2) is 12.1. The molecule has 0 spiro atoms. The number of rotatable bonds is 11. The Kier molecular flexibility index (Phi) is 9.50. The summed E-state index contributed by atoms with van der Waals surface area (Å²) in [6.45, 7) is 4.42. The van der Waals surface area contributed by atoms with Crippen molar-refractivity contribution >= 4 is 15.8 Å². The Labute approximate surface area is 174 Å². The molecule has 0 aliphatic carbocycles. The zero-order chi connectivity index (χ0) is 21.0. The van der Waals surface area contributed by atoms with Crippen LogP contribution in [0.15, 0.2) is 65.7 Å². The quantitative estimate of drug-likeness (QED) is 0.346. The lowest BCUT2D eigenvalue weighted by molar-refractivity contribution is 0.281. The van der Waals surface area contributed by atoms with E-state index >= 15 is 0 Å². The number of benzene rings is 2. The van der Waals surface area contributed by atoms with Crippen molar-refractivity contribution in [2.75, 3.05) is 39.0 Å². The van der Waals surface area contributed by atoms with Crippen LogP contribution in [0.2, 0.25) is 0 Å². The minimum atomic E-state index is -3.13. The van der Waals surface area contributed by atoms with E-state index in [0.717, 1.165) is 23.8 Å². The molecule has 0 aromatic heterocycles. The summed E-state index contributed by atoms with van der Waals surface area (Å²) < 4.78 is 30.3. The molecular weight excluding hydrogens is 386 g/mol. The Hall–Kier alpha value is -2.54. The van der Waals surface area contributed by atoms with E-state index in [1.165, 1.54) is 0 Å². The van der Waals surface area contributed by atoms with Crippen molar-refractivity contribution in [1.82, 2.24) is 10.2 Å². The van der Waals surface area contributed by atoms with E-state index in [0.29, 0.717) is 26.1 Å². The molecule has 0 unspecified atom stereocenters. The number of aliphatic imine (C=N–C) groups is 1. The number of likely N-dealkylation sites (N-methyl/N-ethyl adjacent to an activating group) is 1. The van der Waals surface area contributed by atoms with Crippen LogP contribution in [0.5, 0.6) is 5.75 Å². The molecular formula is C22H31N3O3S. The first kappa shape index (κ1) is 22.7. The highest BCUT2D eigenvalue weighted by molar-refractivity contribution is 7.90. The smallest absolute Gasteiger partial charge is 0.193 e. The Morgan fingerprint density at radius 2 is 1.72 bits per heavy atom. The fourth-order valence-corrected chi connectivity index (χ4v) is 4.18. The molecule has 29 heavy (non-hydrogen) atoms. The van der Waals surface area contributed by atoms with Crippen LogP contribution in [-0.4, -0.2) is 58.3 Å². The van der Waals surface area contributed by atoms with Crippen LogP contribution < -0.4 is 10.1 Å². The van der Waals surface area contributed by atoms with E-state index in [2.05, 4.69) is 10.3 Å². The Morgan fingerprint density at radius 1 is 1.07 bits per heavy atom. The van der Waals surface area contributed by atoms with Crippen molar-refractivity contribution in [2.24, 2.45) is 4.99 Å². The standard InChI is InChI=1S/C22H31N3O3S/c1-3-23-22(25(2)16-17-28-21-13-8-5-9-14-21)24-15-10-18-29(26,27)19-20-11-6-4-7-12-20/h4-9,11-14H,3,10,15-19H2,1-2H3,(H,23,24). The maximum absolute atomic E-state index is 12.3. The van der Waals surface area contributed by atoms with Gasteiger partial charge in [0.2, 0.25) is 0 Å². The van der Waals surface area contributed by atoms with Crippen LogP contribution in [0.1, 0.15) is 18.9 Å². The van der Waals surface area contributed by atoms with Crippen LogP contribution in [-0.2, 0) is 15.6 Å².